The average molecular weight is 221 g/mol. The summed E-state index contributed by atoms with van der Waals surface area (Å²) in [5.41, 5.74) is 1.15. The summed E-state index contributed by atoms with van der Waals surface area (Å²) in [6.45, 7) is 5.67. The first-order valence-corrected chi connectivity index (χ1v) is 5.96. The third-order valence-electron chi connectivity index (χ3n) is 2.83. The molecule has 0 amide bonds. The number of rotatable bonds is 5. The normalized spacial score (nSPS) is 20.2. The molecule has 1 atom stereocenters. The van der Waals surface area contributed by atoms with Crippen LogP contribution in [0.1, 0.15) is 24.7 Å². The Morgan fingerprint density at radius 1 is 1.44 bits per heavy atom. The van der Waals surface area contributed by atoms with Crippen LogP contribution in [-0.2, 0) is 17.7 Å². The van der Waals surface area contributed by atoms with E-state index in [1.807, 2.05) is 12.4 Å². The van der Waals surface area contributed by atoms with E-state index in [0.29, 0.717) is 5.92 Å². The topological polar surface area (TPSA) is 47.0 Å². The fourth-order valence-electron chi connectivity index (χ4n) is 1.85. The van der Waals surface area contributed by atoms with Crippen molar-refractivity contribution in [2.24, 2.45) is 5.92 Å². The Labute approximate surface area is 96.4 Å². The summed E-state index contributed by atoms with van der Waals surface area (Å²) in [6, 6.07) is 0. The molecule has 1 saturated heterocycles. The number of nitrogens with zero attached hydrogens (tertiary/aromatic N) is 2. The van der Waals surface area contributed by atoms with Gasteiger partial charge in [-0.1, -0.05) is 6.92 Å². The van der Waals surface area contributed by atoms with Crippen LogP contribution in [0, 0.1) is 5.92 Å². The molecule has 0 aliphatic carbocycles. The van der Waals surface area contributed by atoms with Crippen LogP contribution in [0.5, 0.6) is 0 Å². The van der Waals surface area contributed by atoms with E-state index in [-0.39, 0.29) is 0 Å². The molecule has 0 bridgehead atoms. The Balaban J connectivity index is 1.86. The molecule has 2 rings (SSSR count). The minimum atomic E-state index is 0.611. The molecule has 1 N–H and O–H groups in total. The third-order valence-corrected chi connectivity index (χ3v) is 2.83. The molecular weight excluding hydrogens is 202 g/mol. The standard InChI is InChI=1S/C12H19N3O/c1-2-13-6-11-7-14-12(15-8-11)5-10-3-4-16-9-10/h7-8,10,13H,2-6,9H2,1H3. The van der Waals surface area contributed by atoms with Crippen molar-refractivity contribution in [1.29, 1.82) is 0 Å². The highest BCUT2D eigenvalue weighted by Gasteiger charge is 2.17. The van der Waals surface area contributed by atoms with Gasteiger partial charge >= 0.3 is 0 Å². The molecule has 1 aromatic rings. The van der Waals surface area contributed by atoms with Gasteiger partial charge in [-0.15, -0.1) is 0 Å². The molecular formula is C12H19N3O. The Bertz CT molecular complexity index is 307. The predicted molar refractivity (Wildman–Crippen MR) is 62.0 cm³/mol. The highest BCUT2D eigenvalue weighted by Crippen LogP contribution is 2.15. The number of aromatic nitrogens is 2. The first-order chi connectivity index (χ1) is 7.88. The zero-order chi connectivity index (χ0) is 11.2. The van der Waals surface area contributed by atoms with Gasteiger partial charge in [0, 0.05) is 44.1 Å². The van der Waals surface area contributed by atoms with E-state index in [1.165, 1.54) is 0 Å². The van der Waals surface area contributed by atoms with Crippen LogP contribution in [0.3, 0.4) is 0 Å². The first-order valence-electron chi connectivity index (χ1n) is 5.96. The Morgan fingerprint density at radius 3 is 2.88 bits per heavy atom. The molecule has 2 heterocycles. The molecule has 0 radical (unpaired) electrons. The number of nitrogens with one attached hydrogen (secondary N) is 1. The molecule has 0 spiro atoms. The number of ether oxygens (including phenoxy) is 1. The van der Waals surface area contributed by atoms with Gasteiger partial charge in [0.25, 0.3) is 0 Å². The second-order valence-corrected chi connectivity index (χ2v) is 4.22. The highest BCUT2D eigenvalue weighted by atomic mass is 16.5. The second kappa shape index (κ2) is 5.92. The number of hydrogen-bond donors (Lipinski definition) is 1. The van der Waals surface area contributed by atoms with Crippen LogP contribution in [0.4, 0.5) is 0 Å². The largest absolute Gasteiger partial charge is 0.381 e. The van der Waals surface area contributed by atoms with Crippen LogP contribution in [0.15, 0.2) is 12.4 Å². The number of hydrogen-bond acceptors (Lipinski definition) is 4. The van der Waals surface area contributed by atoms with E-state index in [1.54, 1.807) is 0 Å². The zero-order valence-electron chi connectivity index (χ0n) is 9.78. The van der Waals surface area contributed by atoms with Gasteiger partial charge in [-0.2, -0.15) is 0 Å². The minimum Gasteiger partial charge on any atom is -0.381 e. The summed E-state index contributed by atoms with van der Waals surface area (Å²) in [5, 5.41) is 3.26. The van der Waals surface area contributed by atoms with Crippen molar-refractivity contribution >= 4 is 0 Å². The maximum atomic E-state index is 5.34. The quantitative estimate of drug-likeness (QED) is 0.810. The van der Waals surface area contributed by atoms with Crippen molar-refractivity contribution in [3.05, 3.63) is 23.8 Å². The molecule has 1 aliphatic rings. The van der Waals surface area contributed by atoms with Crippen molar-refractivity contribution in [1.82, 2.24) is 15.3 Å². The lowest BCUT2D eigenvalue weighted by Gasteiger charge is -2.06. The van der Waals surface area contributed by atoms with E-state index < -0.39 is 0 Å². The van der Waals surface area contributed by atoms with Gasteiger partial charge in [0.15, 0.2) is 0 Å². The Hall–Kier alpha value is -1.00. The summed E-state index contributed by atoms with van der Waals surface area (Å²) < 4.78 is 5.34. The van der Waals surface area contributed by atoms with Gasteiger partial charge in [0.2, 0.25) is 0 Å². The zero-order valence-corrected chi connectivity index (χ0v) is 9.78. The smallest absolute Gasteiger partial charge is 0.128 e. The lowest BCUT2D eigenvalue weighted by molar-refractivity contribution is 0.185. The monoisotopic (exact) mass is 221 g/mol. The van der Waals surface area contributed by atoms with E-state index in [9.17, 15) is 0 Å². The van der Waals surface area contributed by atoms with Crippen LogP contribution in [-0.4, -0.2) is 29.7 Å². The second-order valence-electron chi connectivity index (χ2n) is 4.22. The molecule has 16 heavy (non-hydrogen) atoms. The van der Waals surface area contributed by atoms with Crippen LogP contribution in [0.25, 0.3) is 0 Å². The van der Waals surface area contributed by atoms with Gasteiger partial charge < -0.3 is 10.1 Å². The minimum absolute atomic E-state index is 0.611. The lowest BCUT2D eigenvalue weighted by atomic mass is 10.1. The fraction of sp³-hybridized carbons (Fsp3) is 0.667. The van der Waals surface area contributed by atoms with E-state index in [0.717, 1.165) is 50.5 Å². The summed E-state index contributed by atoms with van der Waals surface area (Å²) >= 11 is 0. The maximum Gasteiger partial charge on any atom is 0.128 e. The maximum absolute atomic E-state index is 5.34. The van der Waals surface area contributed by atoms with Crippen molar-refractivity contribution in [3.8, 4) is 0 Å². The van der Waals surface area contributed by atoms with Crippen LogP contribution >= 0.6 is 0 Å². The van der Waals surface area contributed by atoms with Gasteiger partial charge in [-0.3, -0.25) is 0 Å². The van der Waals surface area contributed by atoms with Crippen molar-refractivity contribution < 1.29 is 4.74 Å². The molecule has 0 saturated carbocycles. The van der Waals surface area contributed by atoms with E-state index >= 15 is 0 Å². The molecule has 0 aromatic carbocycles. The van der Waals surface area contributed by atoms with Gasteiger partial charge in [-0.05, 0) is 18.9 Å². The molecule has 1 aromatic heterocycles. The SMILES string of the molecule is CCNCc1cnc(CC2CCOC2)nc1. The molecule has 1 unspecified atom stereocenters. The van der Waals surface area contributed by atoms with Gasteiger partial charge in [0.05, 0.1) is 0 Å². The molecule has 4 heteroatoms. The third kappa shape index (κ3) is 3.25. The highest BCUT2D eigenvalue weighted by molar-refractivity contribution is 5.05. The van der Waals surface area contributed by atoms with Crippen LogP contribution in [0.2, 0.25) is 0 Å². The molecule has 88 valence electrons. The Kier molecular flexibility index (Phi) is 4.25. The van der Waals surface area contributed by atoms with Crippen molar-refractivity contribution in [2.75, 3.05) is 19.8 Å². The van der Waals surface area contributed by atoms with Gasteiger partial charge in [0.1, 0.15) is 5.82 Å². The summed E-state index contributed by atoms with van der Waals surface area (Å²) in [6.07, 6.45) is 5.92. The average Bonchev–Trinajstić information content (AvgIpc) is 2.81. The lowest BCUT2D eigenvalue weighted by Crippen LogP contribution is -2.13. The van der Waals surface area contributed by atoms with E-state index in [2.05, 4.69) is 22.2 Å². The van der Waals surface area contributed by atoms with E-state index in [4.69, 9.17) is 4.74 Å². The fourth-order valence-corrected chi connectivity index (χ4v) is 1.85. The van der Waals surface area contributed by atoms with Crippen molar-refractivity contribution in [3.63, 3.8) is 0 Å². The predicted octanol–water partition coefficient (Wildman–Crippen LogP) is 1.17. The van der Waals surface area contributed by atoms with Crippen molar-refractivity contribution in [2.45, 2.75) is 26.3 Å². The Morgan fingerprint density at radius 2 is 2.25 bits per heavy atom. The molecule has 4 nitrogen and oxygen atoms in total. The summed E-state index contributed by atoms with van der Waals surface area (Å²) in [7, 11) is 0. The van der Waals surface area contributed by atoms with Gasteiger partial charge in [-0.25, -0.2) is 9.97 Å². The summed E-state index contributed by atoms with van der Waals surface area (Å²) in [5.74, 6) is 1.55. The first kappa shape index (κ1) is 11.5. The van der Waals surface area contributed by atoms with Crippen LogP contribution < -0.4 is 5.32 Å². The summed E-state index contributed by atoms with van der Waals surface area (Å²) in [4.78, 5) is 8.78. The molecule has 1 aliphatic heterocycles. The molecule has 1 fully saturated rings.